The van der Waals surface area contributed by atoms with E-state index in [-0.39, 0.29) is 11.5 Å². The highest BCUT2D eigenvalue weighted by molar-refractivity contribution is 5.95. The van der Waals surface area contributed by atoms with Crippen LogP contribution in [0.1, 0.15) is 29.8 Å². The lowest BCUT2D eigenvalue weighted by Gasteiger charge is -2.50. The maximum Gasteiger partial charge on any atom is 0.416 e. The van der Waals surface area contributed by atoms with E-state index in [4.69, 9.17) is 5.73 Å². The van der Waals surface area contributed by atoms with Gasteiger partial charge in [-0.05, 0) is 24.1 Å². The minimum absolute atomic E-state index is 0.0469. The Morgan fingerprint density at radius 3 is 2.45 bits per heavy atom. The molecule has 0 saturated carbocycles. The third-order valence-electron chi connectivity index (χ3n) is 3.84. The fraction of sp³-hybridized carbons (Fsp3) is 0.500. The zero-order valence-electron chi connectivity index (χ0n) is 11.4. The summed E-state index contributed by atoms with van der Waals surface area (Å²) in [5.41, 5.74) is 4.88. The Hall–Kier alpha value is -1.56. The fourth-order valence-electron chi connectivity index (χ4n) is 2.18. The van der Waals surface area contributed by atoms with Gasteiger partial charge in [-0.3, -0.25) is 4.79 Å². The van der Waals surface area contributed by atoms with E-state index in [1.165, 1.54) is 17.0 Å². The average Bonchev–Trinajstić information content (AvgIpc) is 2.33. The van der Waals surface area contributed by atoms with Crippen molar-refractivity contribution >= 4 is 5.91 Å². The summed E-state index contributed by atoms with van der Waals surface area (Å²) in [7, 11) is 0. The highest BCUT2D eigenvalue weighted by Crippen LogP contribution is 2.31. The molecule has 1 heterocycles. The average molecular weight is 286 g/mol. The lowest BCUT2D eigenvalue weighted by atomic mass is 9.80. The molecule has 1 aromatic rings. The Morgan fingerprint density at radius 2 is 1.95 bits per heavy atom. The van der Waals surface area contributed by atoms with Crippen molar-refractivity contribution in [2.45, 2.75) is 25.6 Å². The van der Waals surface area contributed by atoms with Crippen molar-refractivity contribution in [1.82, 2.24) is 4.90 Å². The third kappa shape index (κ3) is 2.65. The Kier molecular flexibility index (Phi) is 3.54. The van der Waals surface area contributed by atoms with Crippen LogP contribution in [0.2, 0.25) is 0 Å². The summed E-state index contributed by atoms with van der Waals surface area (Å²) in [6, 6.07) is 4.47. The normalized spacial score (nSPS) is 18.1. The van der Waals surface area contributed by atoms with Gasteiger partial charge in [-0.1, -0.05) is 19.9 Å². The lowest BCUT2D eigenvalue weighted by molar-refractivity contribution is -0.137. The van der Waals surface area contributed by atoms with Crippen LogP contribution in [-0.4, -0.2) is 29.4 Å². The molecule has 2 N–H and O–H groups in total. The molecule has 0 unspecified atom stereocenters. The van der Waals surface area contributed by atoms with E-state index in [9.17, 15) is 18.0 Å². The molecule has 1 aromatic carbocycles. The van der Waals surface area contributed by atoms with Gasteiger partial charge in [-0.15, -0.1) is 0 Å². The molecule has 1 aliphatic heterocycles. The highest BCUT2D eigenvalue weighted by atomic mass is 19.4. The van der Waals surface area contributed by atoms with Crippen LogP contribution in [0.5, 0.6) is 0 Å². The van der Waals surface area contributed by atoms with E-state index in [1.54, 1.807) is 0 Å². The summed E-state index contributed by atoms with van der Waals surface area (Å²) in [4.78, 5) is 13.6. The van der Waals surface area contributed by atoms with Crippen LogP contribution >= 0.6 is 0 Å². The zero-order chi connectivity index (χ0) is 15.1. The maximum atomic E-state index is 12.6. The topological polar surface area (TPSA) is 46.3 Å². The zero-order valence-corrected chi connectivity index (χ0v) is 11.4. The number of likely N-dealkylation sites (tertiary alicyclic amines) is 1. The van der Waals surface area contributed by atoms with Gasteiger partial charge in [-0.25, -0.2) is 0 Å². The number of hydrogen-bond acceptors (Lipinski definition) is 2. The van der Waals surface area contributed by atoms with Gasteiger partial charge in [-0.2, -0.15) is 13.2 Å². The maximum absolute atomic E-state index is 12.6. The Bertz CT molecular complexity index is 519. The quantitative estimate of drug-likeness (QED) is 0.908. The van der Waals surface area contributed by atoms with Crippen LogP contribution in [0.15, 0.2) is 24.3 Å². The van der Waals surface area contributed by atoms with Crippen LogP contribution in [0.25, 0.3) is 0 Å². The number of amides is 1. The Morgan fingerprint density at radius 1 is 1.35 bits per heavy atom. The van der Waals surface area contributed by atoms with E-state index >= 15 is 0 Å². The van der Waals surface area contributed by atoms with Crippen molar-refractivity contribution in [3.8, 4) is 0 Å². The molecule has 3 nitrogen and oxygen atoms in total. The van der Waals surface area contributed by atoms with Crippen molar-refractivity contribution < 1.29 is 18.0 Å². The number of carbonyl (C=O) groups excluding carboxylic acids is 1. The number of benzene rings is 1. The molecule has 0 radical (unpaired) electrons. The van der Waals surface area contributed by atoms with Gasteiger partial charge < -0.3 is 10.6 Å². The van der Waals surface area contributed by atoms with Gasteiger partial charge in [0.05, 0.1) is 11.1 Å². The summed E-state index contributed by atoms with van der Waals surface area (Å²) < 4.78 is 37.8. The molecule has 6 heteroatoms. The number of alkyl halides is 3. The monoisotopic (exact) mass is 286 g/mol. The molecule has 0 atom stereocenters. The van der Waals surface area contributed by atoms with Crippen molar-refractivity contribution in [2.24, 2.45) is 11.7 Å². The molecule has 1 amide bonds. The summed E-state index contributed by atoms with van der Waals surface area (Å²) in [6.45, 7) is 4.68. The third-order valence-corrected chi connectivity index (χ3v) is 3.84. The number of carbonyl (C=O) groups is 1. The molecule has 0 aliphatic carbocycles. The minimum Gasteiger partial charge on any atom is -0.335 e. The van der Waals surface area contributed by atoms with E-state index in [0.717, 1.165) is 12.1 Å². The van der Waals surface area contributed by atoms with Gasteiger partial charge in [0.25, 0.3) is 5.91 Å². The van der Waals surface area contributed by atoms with Crippen LogP contribution in [0.4, 0.5) is 13.2 Å². The smallest absolute Gasteiger partial charge is 0.335 e. The SMILES string of the molecule is CC(C)C1(N)CN(C(=O)c2cccc(C(F)(F)F)c2)C1. The predicted molar refractivity (Wildman–Crippen MR) is 69.1 cm³/mol. The van der Waals surface area contributed by atoms with Crippen molar-refractivity contribution in [3.63, 3.8) is 0 Å². The molecular weight excluding hydrogens is 269 g/mol. The number of rotatable bonds is 2. The number of nitrogens with two attached hydrogens (primary N) is 1. The molecule has 1 saturated heterocycles. The van der Waals surface area contributed by atoms with E-state index < -0.39 is 23.2 Å². The van der Waals surface area contributed by atoms with Gasteiger partial charge >= 0.3 is 6.18 Å². The van der Waals surface area contributed by atoms with Gasteiger partial charge in [0.2, 0.25) is 0 Å². The fourth-order valence-corrected chi connectivity index (χ4v) is 2.18. The van der Waals surface area contributed by atoms with Crippen LogP contribution in [0.3, 0.4) is 0 Å². The van der Waals surface area contributed by atoms with Gasteiger partial charge in [0.1, 0.15) is 0 Å². The second-order valence-electron chi connectivity index (χ2n) is 5.63. The van der Waals surface area contributed by atoms with Crippen molar-refractivity contribution in [3.05, 3.63) is 35.4 Å². The van der Waals surface area contributed by atoms with Gasteiger partial charge in [0.15, 0.2) is 0 Å². The molecular formula is C14H17F3N2O. The molecule has 0 spiro atoms. The second-order valence-corrected chi connectivity index (χ2v) is 5.63. The first kappa shape index (κ1) is 14.8. The largest absolute Gasteiger partial charge is 0.416 e. The first-order chi connectivity index (χ1) is 9.13. The highest BCUT2D eigenvalue weighted by Gasteiger charge is 2.44. The predicted octanol–water partition coefficient (Wildman–Crippen LogP) is 2.51. The van der Waals surface area contributed by atoms with E-state index in [1.807, 2.05) is 13.8 Å². The van der Waals surface area contributed by atoms with E-state index in [0.29, 0.717) is 13.1 Å². The summed E-state index contributed by atoms with van der Waals surface area (Å²) in [6.07, 6.45) is -4.44. The molecule has 110 valence electrons. The summed E-state index contributed by atoms with van der Waals surface area (Å²) in [5, 5.41) is 0. The second kappa shape index (κ2) is 4.77. The Balaban J connectivity index is 2.12. The van der Waals surface area contributed by atoms with Gasteiger partial charge in [0, 0.05) is 18.7 Å². The molecule has 1 fully saturated rings. The minimum atomic E-state index is -4.44. The first-order valence-corrected chi connectivity index (χ1v) is 6.39. The number of halogens is 3. The van der Waals surface area contributed by atoms with Crippen LogP contribution in [0, 0.1) is 5.92 Å². The molecule has 1 aliphatic rings. The van der Waals surface area contributed by atoms with Crippen molar-refractivity contribution in [2.75, 3.05) is 13.1 Å². The molecule has 0 aromatic heterocycles. The molecule has 20 heavy (non-hydrogen) atoms. The molecule has 2 rings (SSSR count). The van der Waals surface area contributed by atoms with Crippen molar-refractivity contribution in [1.29, 1.82) is 0 Å². The van der Waals surface area contributed by atoms with Crippen LogP contribution in [-0.2, 0) is 6.18 Å². The standard InChI is InChI=1S/C14H17F3N2O/c1-9(2)13(18)7-19(8-13)12(20)10-4-3-5-11(6-10)14(15,16)17/h3-6,9H,7-8,18H2,1-2H3. The number of hydrogen-bond donors (Lipinski definition) is 1. The Labute approximate surface area is 115 Å². The lowest BCUT2D eigenvalue weighted by Crippen LogP contribution is -2.71. The summed E-state index contributed by atoms with van der Waals surface area (Å²) >= 11 is 0. The summed E-state index contributed by atoms with van der Waals surface area (Å²) in [5.74, 6) is -0.189. The first-order valence-electron chi connectivity index (χ1n) is 6.39. The number of nitrogens with zero attached hydrogens (tertiary/aromatic N) is 1. The molecule has 0 bridgehead atoms. The van der Waals surface area contributed by atoms with Crippen LogP contribution < -0.4 is 5.73 Å². The van der Waals surface area contributed by atoms with E-state index in [2.05, 4.69) is 0 Å².